The molecule has 2 heterocycles. The fourth-order valence-corrected chi connectivity index (χ4v) is 3.50. The van der Waals surface area contributed by atoms with Crippen LogP contribution in [0.1, 0.15) is 5.56 Å². The smallest absolute Gasteiger partial charge is 0.291 e. The minimum atomic E-state index is -0.487. The van der Waals surface area contributed by atoms with Crippen LogP contribution in [0.25, 0.3) is 0 Å². The van der Waals surface area contributed by atoms with Gasteiger partial charge in [0.05, 0.1) is 15.6 Å². The van der Waals surface area contributed by atoms with Crippen LogP contribution >= 0.6 is 23.4 Å². The number of hydrogen-bond acceptors (Lipinski definition) is 7. The van der Waals surface area contributed by atoms with E-state index in [1.807, 2.05) is 0 Å². The molecule has 0 N–H and O–H groups in total. The molecule has 3 rings (SSSR count). The largest absolute Gasteiger partial charge is 0.331 e. The first-order valence-electron chi connectivity index (χ1n) is 8.16. The van der Waals surface area contributed by atoms with Crippen LogP contribution in [0.15, 0.2) is 67.1 Å². The number of nitrogens with zero attached hydrogens (tertiary/aromatic N) is 5. The first-order chi connectivity index (χ1) is 13.8. The van der Waals surface area contributed by atoms with Crippen LogP contribution in [0.4, 0.5) is 11.4 Å². The molecule has 0 fully saturated rings. The van der Waals surface area contributed by atoms with E-state index >= 15 is 0 Å². The predicted octanol–water partition coefficient (Wildman–Crippen LogP) is 2.94. The summed E-state index contributed by atoms with van der Waals surface area (Å²) >= 11 is 7.07. The van der Waals surface area contributed by atoms with Gasteiger partial charge in [0, 0.05) is 38.5 Å². The lowest BCUT2D eigenvalue weighted by atomic mass is 10.2. The second-order valence-corrected chi connectivity index (χ2v) is 7.29. The van der Waals surface area contributed by atoms with Crippen LogP contribution in [0, 0.1) is 10.1 Å². The molecule has 9 nitrogen and oxygen atoms in total. The highest BCUT2D eigenvalue weighted by molar-refractivity contribution is 7.99. The van der Waals surface area contributed by atoms with E-state index in [4.69, 9.17) is 11.6 Å². The summed E-state index contributed by atoms with van der Waals surface area (Å²) in [6, 6.07) is 10.5. The second-order valence-electron chi connectivity index (χ2n) is 5.89. The average molecular weight is 432 g/mol. The molecule has 0 bridgehead atoms. The standard InChI is InChI=1S/C18H14ClN5O4S/c1-22-15(25)9-16(23(2)18(22)26)29-17-13(6-7-14(19)21-17)20-10-11-4-3-5-12(8-11)24(27)28/h3-10H,1-2H3. The summed E-state index contributed by atoms with van der Waals surface area (Å²) in [6.45, 7) is 0. The van der Waals surface area contributed by atoms with Gasteiger partial charge in [-0.05, 0) is 29.5 Å². The zero-order valence-corrected chi connectivity index (χ0v) is 16.8. The third-order valence-corrected chi connectivity index (χ3v) is 5.23. The highest BCUT2D eigenvalue weighted by atomic mass is 35.5. The summed E-state index contributed by atoms with van der Waals surface area (Å²) in [5.74, 6) is 0. The molecule has 0 saturated heterocycles. The van der Waals surface area contributed by atoms with Crippen molar-refractivity contribution in [3.8, 4) is 0 Å². The van der Waals surface area contributed by atoms with Gasteiger partial charge in [-0.2, -0.15) is 0 Å². The number of nitro benzene ring substituents is 1. The van der Waals surface area contributed by atoms with Crippen LogP contribution in [-0.4, -0.2) is 25.3 Å². The Hall–Kier alpha value is -3.24. The van der Waals surface area contributed by atoms with E-state index in [2.05, 4.69) is 9.98 Å². The minimum Gasteiger partial charge on any atom is -0.291 e. The van der Waals surface area contributed by atoms with Crippen molar-refractivity contribution in [2.75, 3.05) is 0 Å². The van der Waals surface area contributed by atoms with E-state index in [-0.39, 0.29) is 10.8 Å². The molecule has 0 unspecified atom stereocenters. The zero-order chi connectivity index (χ0) is 21.1. The molecule has 0 spiro atoms. The number of pyridine rings is 1. The van der Waals surface area contributed by atoms with Crippen molar-refractivity contribution in [3.05, 3.63) is 84.1 Å². The van der Waals surface area contributed by atoms with Crippen LogP contribution < -0.4 is 11.2 Å². The summed E-state index contributed by atoms with van der Waals surface area (Å²) in [5.41, 5.74) is 0.000900. The van der Waals surface area contributed by atoms with Crippen molar-refractivity contribution in [1.29, 1.82) is 0 Å². The molecule has 0 aliphatic heterocycles. The summed E-state index contributed by atoms with van der Waals surface area (Å²) in [4.78, 5) is 43.1. The first kappa shape index (κ1) is 20.5. The van der Waals surface area contributed by atoms with Crippen molar-refractivity contribution in [1.82, 2.24) is 14.1 Å². The SMILES string of the molecule is Cn1c(Sc2nc(Cl)ccc2N=Cc2cccc([N+](=O)[O-])c2)cc(=O)n(C)c1=O. The molecule has 148 valence electrons. The maximum Gasteiger partial charge on any atom is 0.331 e. The molecule has 2 aromatic heterocycles. The van der Waals surface area contributed by atoms with E-state index in [1.54, 1.807) is 31.3 Å². The van der Waals surface area contributed by atoms with Gasteiger partial charge in [-0.15, -0.1) is 0 Å². The average Bonchev–Trinajstić information content (AvgIpc) is 2.70. The van der Waals surface area contributed by atoms with Crippen molar-refractivity contribution in [3.63, 3.8) is 0 Å². The number of aliphatic imine (C=N–C) groups is 1. The number of halogens is 1. The number of hydrogen-bond donors (Lipinski definition) is 0. The third-order valence-electron chi connectivity index (χ3n) is 3.92. The minimum absolute atomic E-state index is 0.0482. The molecule has 11 heteroatoms. The van der Waals surface area contributed by atoms with E-state index in [0.29, 0.717) is 21.3 Å². The molecule has 3 aromatic rings. The van der Waals surface area contributed by atoms with E-state index in [0.717, 1.165) is 16.3 Å². The quantitative estimate of drug-likeness (QED) is 0.202. The molecule has 0 atom stereocenters. The van der Waals surface area contributed by atoms with Gasteiger partial charge in [0.15, 0.2) is 0 Å². The molecular formula is C18H14ClN5O4S. The first-order valence-corrected chi connectivity index (χ1v) is 9.35. The van der Waals surface area contributed by atoms with Crippen LogP contribution in [0.3, 0.4) is 0 Å². The van der Waals surface area contributed by atoms with Crippen LogP contribution in [-0.2, 0) is 14.1 Å². The maximum atomic E-state index is 12.1. The Balaban J connectivity index is 1.99. The third kappa shape index (κ3) is 4.61. The van der Waals surface area contributed by atoms with Crippen molar-refractivity contribution < 1.29 is 4.92 Å². The number of benzene rings is 1. The molecule has 0 radical (unpaired) electrons. The molecule has 0 saturated carbocycles. The Morgan fingerprint density at radius 1 is 1.17 bits per heavy atom. The molecule has 0 aliphatic rings. The van der Waals surface area contributed by atoms with E-state index < -0.39 is 16.2 Å². The van der Waals surface area contributed by atoms with E-state index in [9.17, 15) is 19.7 Å². The Morgan fingerprint density at radius 3 is 2.66 bits per heavy atom. The Bertz CT molecular complexity index is 1250. The van der Waals surface area contributed by atoms with Gasteiger partial charge in [-0.3, -0.25) is 29.0 Å². The number of nitro groups is 1. The van der Waals surface area contributed by atoms with Crippen LogP contribution in [0.5, 0.6) is 0 Å². The lowest BCUT2D eigenvalue weighted by Gasteiger charge is -2.10. The van der Waals surface area contributed by atoms with Crippen molar-refractivity contribution in [2.45, 2.75) is 10.1 Å². The highest BCUT2D eigenvalue weighted by Gasteiger charge is 2.12. The predicted molar refractivity (Wildman–Crippen MR) is 111 cm³/mol. The fourth-order valence-electron chi connectivity index (χ4n) is 2.36. The van der Waals surface area contributed by atoms with Crippen molar-refractivity contribution in [2.24, 2.45) is 19.1 Å². The maximum absolute atomic E-state index is 12.1. The molecule has 29 heavy (non-hydrogen) atoms. The normalized spacial score (nSPS) is 11.1. The zero-order valence-electron chi connectivity index (χ0n) is 15.3. The van der Waals surface area contributed by atoms with E-state index in [1.165, 1.54) is 36.0 Å². The Labute approximate surface area is 173 Å². The summed E-state index contributed by atoms with van der Waals surface area (Å²) in [6.07, 6.45) is 1.46. The van der Waals surface area contributed by atoms with Gasteiger partial charge >= 0.3 is 5.69 Å². The molecule has 0 aliphatic carbocycles. The fraction of sp³-hybridized carbons (Fsp3) is 0.111. The van der Waals surface area contributed by atoms with Gasteiger partial charge in [0.1, 0.15) is 10.2 Å². The van der Waals surface area contributed by atoms with Gasteiger partial charge < -0.3 is 0 Å². The number of aromatic nitrogens is 3. The van der Waals surface area contributed by atoms with Gasteiger partial charge in [0.2, 0.25) is 0 Å². The monoisotopic (exact) mass is 431 g/mol. The Kier molecular flexibility index (Phi) is 5.95. The van der Waals surface area contributed by atoms with Crippen LogP contribution in [0.2, 0.25) is 5.15 Å². The summed E-state index contributed by atoms with van der Waals surface area (Å²) < 4.78 is 2.32. The van der Waals surface area contributed by atoms with Gasteiger partial charge in [-0.25, -0.2) is 9.78 Å². The number of rotatable bonds is 5. The lowest BCUT2D eigenvalue weighted by Crippen LogP contribution is -2.36. The van der Waals surface area contributed by atoms with Crippen molar-refractivity contribution >= 4 is 41.0 Å². The van der Waals surface area contributed by atoms with Gasteiger partial charge in [0.25, 0.3) is 11.2 Å². The molecular weight excluding hydrogens is 418 g/mol. The van der Waals surface area contributed by atoms with Gasteiger partial charge in [-0.1, -0.05) is 23.7 Å². The second kappa shape index (κ2) is 8.41. The molecule has 1 aromatic carbocycles. The topological polar surface area (TPSA) is 112 Å². The highest BCUT2D eigenvalue weighted by Crippen LogP contribution is 2.33. The number of non-ortho nitro benzene ring substituents is 1. The molecule has 0 amide bonds. The summed E-state index contributed by atoms with van der Waals surface area (Å²) in [7, 11) is 2.94. The lowest BCUT2D eigenvalue weighted by molar-refractivity contribution is -0.384. The Morgan fingerprint density at radius 2 is 1.93 bits per heavy atom. The summed E-state index contributed by atoms with van der Waals surface area (Å²) in [5, 5.41) is 11.9.